The Hall–Kier alpha value is -2.59. The average molecular weight is 677 g/mol. The van der Waals surface area contributed by atoms with Crippen LogP contribution in [0.5, 0.6) is 28.7 Å². The number of thioether (sulfide) groups is 1. The van der Waals surface area contributed by atoms with E-state index < -0.39 is 0 Å². The minimum Gasteiger partial charge on any atom is -0.493 e. The molecule has 0 saturated carbocycles. The second-order valence-electron chi connectivity index (χ2n) is 10.0. The number of nitrogens with one attached hydrogen (secondary N) is 1. The molecule has 3 unspecified atom stereocenters. The van der Waals surface area contributed by atoms with Crippen molar-refractivity contribution in [2.75, 3.05) is 41.5 Å². The molecule has 0 aliphatic carbocycles. The third-order valence-corrected chi connectivity index (χ3v) is 8.91. The van der Waals surface area contributed by atoms with Crippen LogP contribution in [0.25, 0.3) is 0 Å². The smallest absolute Gasteiger partial charge is 0.203 e. The van der Waals surface area contributed by atoms with Crippen molar-refractivity contribution in [2.45, 2.75) is 69.0 Å². The van der Waals surface area contributed by atoms with Crippen molar-refractivity contribution in [1.82, 2.24) is 5.32 Å². The number of hydrogen-bond acceptors (Lipinski definition) is 8. The highest BCUT2D eigenvalue weighted by Crippen LogP contribution is 2.47. The molecule has 0 amide bonds. The maximum absolute atomic E-state index is 6.46. The van der Waals surface area contributed by atoms with Crippen molar-refractivity contribution < 1.29 is 28.4 Å². The van der Waals surface area contributed by atoms with Crippen molar-refractivity contribution in [3.8, 4) is 28.7 Å². The summed E-state index contributed by atoms with van der Waals surface area (Å²) >= 11 is 5.24. The Morgan fingerprint density at radius 1 is 0.791 bits per heavy atom. The van der Waals surface area contributed by atoms with Gasteiger partial charge in [0.05, 0.1) is 40.6 Å². The summed E-state index contributed by atoms with van der Waals surface area (Å²) < 4.78 is 35.9. The van der Waals surface area contributed by atoms with Crippen LogP contribution in [0.2, 0.25) is 0 Å². The van der Waals surface area contributed by atoms with E-state index >= 15 is 0 Å². The van der Waals surface area contributed by atoms with Gasteiger partial charge in [-0.1, -0.05) is 43.8 Å². The van der Waals surface area contributed by atoms with E-state index in [2.05, 4.69) is 47.2 Å². The second kappa shape index (κ2) is 18.3. The number of ether oxygens (including phenoxy) is 6. The molecule has 0 radical (unpaired) electrons. The molecule has 236 valence electrons. The van der Waals surface area contributed by atoms with E-state index in [1.807, 2.05) is 49.4 Å². The minimum absolute atomic E-state index is 0.0517. The molecule has 0 aromatic heterocycles. The number of rotatable bonds is 14. The summed E-state index contributed by atoms with van der Waals surface area (Å²) in [4.78, 5) is 1.12. The van der Waals surface area contributed by atoms with Crippen LogP contribution in [0.1, 0.15) is 69.8 Å². The third kappa shape index (κ3) is 9.96. The van der Waals surface area contributed by atoms with Crippen LogP contribution < -0.4 is 29.0 Å². The predicted octanol–water partition coefficient (Wildman–Crippen LogP) is 8.99. The molecule has 3 aromatic rings. The average Bonchev–Trinajstić information content (AvgIpc) is 3.52. The predicted molar refractivity (Wildman–Crippen MR) is 178 cm³/mol. The molecule has 1 aliphatic heterocycles. The maximum atomic E-state index is 6.46. The molecule has 1 aliphatic rings. The van der Waals surface area contributed by atoms with Crippen LogP contribution >= 0.6 is 27.7 Å². The van der Waals surface area contributed by atoms with Crippen LogP contribution in [0, 0.1) is 0 Å². The van der Waals surface area contributed by atoms with E-state index in [4.69, 9.17) is 28.4 Å². The zero-order valence-corrected chi connectivity index (χ0v) is 28.8. The number of benzene rings is 3. The lowest BCUT2D eigenvalue weighted by Crippen LogP contribution is -2.14. The van der Waals surface area contributed by atoms with Crippen molar-refractivity contribution in [3.63, 3.8) is 0 Å². The van der Waals surface area contributed by atoms with Crippen molar-refractivity contribution in [3.05, 3.63) is 70.2 Å². The Kier molecular flexibility index (Phi) is 14.8. The minimum atomic E-state index is -0.101. The van der Waals surface area contributed by atoms with Crippen LogP contribution in [0.15, 0.2) is 64.0 Å². The Bertz CT molecular complexity index is 1250. The van der Waals surface area contributed by atoms with Crippen LogP contribution in [0.3, 0.4) is 0 Å². The molecule has 4 rings (SSSR count). The van der Waals surface area contributed by atoms with Gasteiger partial charge in [-0.05, 0) is 109 Å². The third-order valence-electron chi connectivity index (χ3n) is 6.91. The Balaban J connectivity index is 0.000000646. The Morgan fingerprint density at radius 3 is 1.93 bits per heavy atom. The van der Waals surface area contributed by atoms with Gasteiger partial charge >= 0.3 is 0 Å². The van der Waals surface area contributed by atoms with Gasteiger partial charge in [-0.2, -0.15) is 0 Å². The van der Waals surface area contributed by atoms with Gasteiger partial charge in [-0.25, -0.2) is 0 Å². The van der Waals surface area contributed by atoms with Gasteiger partial charge in [0, 0.05) is 9.37 Å². The highest BCUT2D eigenvalue weighted by atomic mass is 79.9. The van der Waals surface area contributed by atoms with Crippen molar-refractivity contribution in [2.24, 2.45) is 0 Å². The first kappa shape index (κ1) is 34.9. The summed E-state index contributed by atoms with van der Waals surface area (Å²) in [6.45, 7) is 8.74. The lowest BCUT2D eigenvalue weighted by molar-refractivity contribution is 0.0436. The van der Waals surface area contributed by atoms with Crippen LogP contribution in [-0.2, 0) is 4.74 Å². The highest BCUT2D eigenvalue weighted by molar-refractivity contribution is 9.10. The molecule has 1 heterocycles. The van der Waals surface area contributed by atoms with E-state index in [1.165, 1.54) is 25.9 Å². The molecule has 43 heavy (non-hydrogen) atoms. The molecule has 9 heteroatoms. The number of hydrogen-bond donors (Lipinski definition) is 1. The van der Waals surface area contributed by atoms with Crippen molar-refractivity contribution >= 4 is 27.7 Å². The van der Waals surface area contributed by atoms with Gasteiger partial charge in [0.1, 0.15) is 5.44 Å². The standard InChI is InChI=1S/C28H31BrO6S.C6H15N/c1-17(36-27-9-7-6-8-20(27)29)34-23-11-10-18(14-24(23)30-2)21-12-13-22(35-21)19-15-25(31-3)28(33-5)26(16-19)32-4;1-3-5-7-6-4-2/h6-11,14-17,21-22H,12-13H2,1-5H3;7H,3-6H2,1-2H3. The van der Waals surface area contributed by atoms with Gasteiger partial charge in [-0.3, -0.25) is 0 Å². The van der Waals surface area contributed by atoms with E-state index in [0.29, 0.717) is 28.7 Å². The Morgan fingerprint density at radius 2 is 1.37 bits per heavy atom. The zero-order valence-electron chi connectivity index (χ0n) is 26.4. The highest BCUT2D eigenvalue weighted by Gasteiger charge is 2.30. The summed E-state index contributed by atoms with van der Waals surface area (Å²) in [5.41, 5.74) is 1.95. The fraction of sp³-hybridized carbons (Fsp3) is 0.471. The fourth-order valence-electron chi connectivity index (χ4n) is 4.80. The molecule has 3 atom stereocenters. The van der Waals surface area contributed by atoms with Gasteiger partial charge in [0.2, 0.25) is 5.75 Å². The first-order chi connectivity index (χ1) is 20.9. The summed E-state index contributed by atoms with van der Waals surface area (Å²) in [6.07, 6.45) is 4.14. The number of methoxy groups -OCH3 is 4. The summed E-state index contributed by atoms with van der Waals surface area (Å²) in [5, 5.41) is 3.28. The van der Waals surface area contributed by atoms with E-state index in [0.717, 1.165) is 33.3 Å². The lowest BCUT2D eigenvalue weighted by Gasteiger charge is -2.20. The quantitative estimate of drug-likeness (QED) is 0.103. The molecule has 0 spiro atoms. The summed E-state index contributed by atoms with van der Waals surface area (Å²) in [6, 6.07) is 18.0. The molecule has 1 fully saturated rings. The van der Waals surface area contributed by atoms with Crippen LogP contribution in [0.4, 0.5) is 0 Å². The van der Waals surface area contributed by atoms with E-state index in [9.17, 15) is 0 Å². The fourth-order valence-corrected chi connectivity index (χ4v) is 6.21. The Labute approximate surface area is 270 Å². The van der Waals surface area contributed by atoms with Gasteiger partial charge in [0.25, 0.3) is 0 Å². The molecular formula is C34H46BrNO6S. The maximum Gasteiger partial charge on any atom is 0.203 e. The van der Waals surface area contributed by atoms with Crippen molar-refractivity contribution in [1.29, 1.82) is 0 Å². The zero-order chi connectivity index (χ0) is 31.2. The normalized spacial score (nSPS) is 16.6. The van der Waals surface area contributed by atoms with E-state index in [1.54, 1.807) is 40.2 Å². The number of halogens is 1. The van der Waals surface area contributed by atoms with Gasteiger partial charge in [-0.15, -0.1) is 0 Å². The molecular weight excluding hydrogens is 630 g/mol. The first-order valence-corrected chi connectivity index (χ1v) is 16.5. The monoisotopic (exact) mass is 675 g/mol. The molecule has 1 N–H and O–H groups in total. The molecule has 3 aromatic carbocycles. The topological polar surface area (TPSA) is 67.4 Å². The van der Waals surface area contributed by atoms with E-state index in [-0.39, 0.29) is 17.6 Å². The second-order valence-corrected chi connectivity index (χ2v) is 12.2. The SMILES string of the molecule is CCCNCCC.COc1cc(C2CCC(c3cc(OC)c(OC)c(OC)c3)O2)ccc1OC(C)Sc1ccccc1Br. The van der Waals surface area contributed by atoms with Crippen LogP contribution in [-0.4, -0.2) is 47.0 Å². The molecule has 7 nitrogen and oxygen atoms in total. The summed E-state index contributed by atoms with van der Waals surface area (Å²) in [5.74, 6) is 3.21. The summed E-state index contributed by atoms with van der Waals surface area (Å²) in [7, 11) is 6.50. The first-order valence-electron chi connectivity index (χ1n) is 14.8. The van der Waals surface area contributed by atoms with Gasteiger partial charge < -0.3 is 33.7 Å². The lowest BCUT2D eigenvalue weighted by atomic mass is 10.0. The molecule has 1 saturated heterocycles. The molecule has 0 bridgehead atoms. The van der Waals surface area contributed by atoms with Gasteiger partial charge in [0.15, 0.2) is 23.0 Å². The largest absolute Gasteiger partial charge is 0.493 e.